The largest absolute Gasteiger partial charge is 0.507 e. The molecular weight excluding hydrogens is 240 g/mol. The maximum atomic E-state index is 11.9. The Labute approximate surface area is 107 Å². The lowest BCUT2D eigenvalue weighted by Crippen LogP contribution is -2.22. The molecule has 0 amide bonds. The van der Waals surface area contributed by atoms with E-state index in [0.29, 0.717) is 10.8 Å². The molecule has 4 rings (SSSR count). The fourth-order valence-electron chi connectivity index (χ4n) is 2.81. The fourth-order valence-corrected chi connectivity index (χ4v) is 2.81. The van der Waals surface area contributed by atoms with Crippen LogP contribution in [-0.4, -0.2) is 5.11 Å². The van der Waals surface area contributed by atoms with E-state index >= 15 is 0 Å². The highest BCUT2D eigenvalue weighted by Crippen LogP contribution is 2.36. The summed E-state index contributed by atoms with van der Waals surface area (Å²) in [6.45, 7) is 0. The van der Waals surface area contributed by atoms with Crippen LogP contribution in [0.15, 0.2) is 52.1 Å². The van der Waals surface area contributed by atoms with Gasteiger partial charge in [-0.15, -0.1) is 0 Å². The molecule has 0 atom stereocenters. The Hall–Kier alpha value is -2.68. The van der Waals surface area contributed by atoms with E-state index < -0.39 is 10.9 Å². The molecule has 0 saturated carbocycles. The van der Waals surface area contributed by atoms with Crippen LogP contribution in [0.4, 0.5) is 0 Å². The van der Waals surface area contributed by atoms with Gasteiger partial charge in [0.05, 0.1) is 0 Å². The van der Waals surface area contributed by atoms with Gasteiger partial charge >= 0.3 is 0 Å². The fraction of sp³-hybridized carbons (Fsp3) is 0. The molecule has 0 aromatic heterocycles. The molecule has 0 spiro atoms. The van der Waals surface area contributed by atoms with Gasteiger partial charge in [-0.2, -0.15) is 0 Å². The number of rotatable bonds is 0. The minimum absolute atomic E-state index is 0.181. The first-order valence-electron chi connectivity index (χ1n) is 5.94. The molecule has 3 heteroatoms. The Balaban J connectivity index is 2.52. The van der Waals surface area contributed by atoms with Crippen LogP contribution in [0.2, 0.25) is 0 Å². The van der Waals surface area contributed by atoms with Gasteiger partial charge in [0.25, 0.3) is 0 Å². The molecule has 0 bridgehead atoms. The van der Waals surface area contributed by atoms with Crippen molar-refractivity contribution >= 4 is 32.3 Å². The third-order valence-electron chi connectivity index (χ3n) is 3.68. The zero-order valence-electron chi connectivity index (χ0n) is 9.81. The molecule has 4 aromatic rings. The molecule has 0 aliphatic rings. The summed E-state index contributed by atoms with van der Waals surface area (Å²) >= 11 is 0. The van der Waals surface area contributed by atoms with E-state index in [-0.39, 0.29) is 5.75 Å². The van der Waals surface area contributed by atoms with Crippen LogP contribution in [0, 0.1) is 0 Å². The molecule has 19 heavy (non-hydrogen) atoms. The van der Waals surface area contributed by atoms with Crippen LogP contribution in [0.5, 0.6) is 5.75 Å². The summed E-state index contributed by atoms with van der Waals surface area (Å²) in [5.41, 5.74) is -0.972. The number of benzene rings is 4. The molecule has 0 aliphatic heterocycles. The van der Waals surface area contributed by atoms with Crippen LogP contribution in [0.25, 0.3) is 32.3 Å². The van der Waals surface area contributed by atoms with Crippen LogP contribution in [0.3, 0.4) is 0 Å². The standard InChI is InChI=1S/C16H8O3/c17-12-6-3-8-1-2-9-7-13(18)16(19)11-5-4-10(12)14(8)15(9)11/h1-7,17H. The van der Waals surface area contributed by atoms with Gasteiger partial charge in [0.2, 0.25) is 10.9 Å². The van der Waals surface area contributed by atoms with E-state index in [1.165, 1.54) is 6.07 Å². The van der Waals surface area contributed by atoms with Crippen molar-refractivity contribution in [1.29, 1.82) is 0 Å². The molecule has 0 saturated heterocycles. The van der Waals surface area contributed by atoms with E-state index in [4.69, 9.17) is 0 Å². The molecule has 0 heterocycles. The molecule has 0 fully saturated rings. The molecule has 1 N–H and O–H groups in total. The van der Waals surface area contributed by atoms with Crippen LogP contribution < -0.4 is 10.9 Å². The van der Waals surface area contributed by atoms with Crippen molar-refractivity contribution in [2.45, 2.75) is 0 Å². The molecule has 4 aromatic carbocycles. The second kappa shape index (κ2) is 3.20. The van der Waals surface area contributed by atoms with Crippen molar-refractivity contribution in [2.75, 3.05) is 0 Å². The molecular formula is C16H8O3. The third kappa shape index (κ3) is 1.16. The van der Waals surface area contributed by atoms with E-state index in [0.717, 1.165) is 21.5 Å². The van der Waals surface area contributed by atoms with Crippen molar-refractivity contribution in [3.8, 4) is 5.75 Å². The van der Waals surface area contributed by atoms with E-state index in [1.807, 2.05) is 18.2 Å². The number of phenols is 1. The van der Waals surface area contributed by atoms with Gasteiger partial charge in [0.1, 0.15) is 5.75 Å². The second-order valence-corrected chi connectivity index (χ2v) is 4.71. The first-order valence-corrected chi connectivity index (χ1v) is 5.94. The van der Waals surface area contributed by atoms with E-state index in [9.17, 15) is 14.7 Å². The Bertz CT molecular complexity index is 1050. The van der Waals surface area contributed by atoms with Gasteiger partial charge in [0, 0.05) is 21.5 Å². The topological polar surface area (TPSA) is 54.4 Å². The number of aromatic hydroxyl groups is 1. The number of hydrogen-bond acceptors (Lipinski definition) is 3. The Kier molecular flexibility index (Phi) is 1.73. The quantitative estimate of drug-likeness (QED) is 0.384. The van der Waals surface area contributed by atoms with Gasteiger partial charge in [-0.3, -0.25) is 9.59 Å². The van der Waals surface area contributed by atoms with Gasteiger partial charge in [-0.1, -0.05) is 18.2 Å². The van der Waals surface area contributed by atoms with Gasteiger partial charge in [0.15, 0.2) is 0 Å². The highest BCUT2D eigenvalue weighted by molar-refractivity contribution is 6.23. The Morgan fingerprint density at radius 3 is 2.21 bits per heavy atom. The summed E-state index contributed by atoms with van der Waals surface area (Å²) in [7, 11) is 0. The van der Waals surface area contributed by atoms with Crippen LogP contribution >= 0.6 is 0 Å². The van der Waals surface area contributed by atoms with Crippen molar-refractivity contribution < 1.29 is 5.11 Å². The van der Waals surface area contributed by atoms with Gasteiger partial charge in [-0.05, 0) is 35.0 Å². The normalized spacial score (nSPS) is 11.8. The minimum Gasteiger partial charge on any atom is -0.507 e. The summed E-state index contributed by atoms with van der Waals surface area (Å²) in [6, 6.07) is 11.9. The lowest BCUT2D eigenvalue weighted by atomic mass is 9.94. The number of phenolic OH excluding ortho intramolecular Hbond substituents is 1. The SMILES string of the molecule is O=c1cc2ccc3ccc(O)c4ccc(c1=O)c2c34. The average molecular weight is 248 g/mol. The maximum absolute atomic E-state index is 11.9. The van der Waals surface area contributed by atoms with Crippen molar-refractivity contribution in [1.82, 2.24) is 0 Å². The first kappa shape index (κ1) is 10.3. The second-order valence-electron chi connectivity index (χ2n) is 4.71. The molecule has 3 nitrogen and oxygen atoms in total. The predicted octanol–water partition coefficient (Wildman–Crippen LogP) is 2.45. The lowest BCUT2D eigenvalue weighted by Gasteiger charge is -2.10. The smallest absolute Gasteiger partial charge is 0.233 e. The molecule has 90 valence electrons. The van der Waals surface area contributed by atoms with Gasteiger partial charge < -0.3 is 5.11 Å². The predicted molar refractivity (Wildman–Crippen MR) is 75.5 cm³/mol. The van der Waals surface area contributed by atoms with E-state index in [2.05, 4.69) is 0 Å². The summed E-state index contributed by atoms with van der Waals surface area (Å²) in [5, 5.41) is 14.3. The minimum atomic E-state index is -0.491. The lowest BCUT2D eigenvalue weighted by molar-refractivity contribution is 0.482. The van der Waals surface area contributed by atoms with Crippen molar-refractivity contribution in [3.05, 3.63) is 62.9 Å². The van der Waals surface area contributed by atoms with Crippen LogP contribution in [-0.2, 0) is 0 Å². The number of hydrogen-bond donors (Lipinski definition) is 1. The monoisotopic (exact) mass is 248 g/mol. The van der Waals surface area contributed by atoms with Crippen molar-refractivity contribution in [3.63, 3.8) is 0 Å². The van der Waals surface area contributed by atoms with E-state index in [1.54, 1.807) is 18.2 Å². The molecule has 0 radical (unpaired) electrons. The Morgan fingerprint density at radius 2 is 1.37 bits per heavy atom. The zero-order valence-corrected chi connectivity index (χ0v) is 9.81. The first-order chi connectivity index (χ1) is 9.16. The highest BCUT2D eigenvalue weighted by atomic mass is 16.3. The highest BCUT2D eigenvalue weighted by Gasteiger charge is 2.13. The summed E-state index contributed by atoms with van der Waals surface area (Å²) < 4.78 is 0. The summed E-state index contributed by atoms with van der Waals surface area (Å²) in [6.07, 6.45) is 0. The zero-order chi connectivity index (χ0) is 13.1. The summed E-state index contributed by atoms with van der Waals surface area (Å²) in [5.74, 6) is 0.181. The molecule has 0 unspecified atom stereocenters. The average Bonchev–Trinajstić information content (AvgIpc) is 2.42. The molecule has 0 aliphatic carbocycles. The van der Waals surface area contributed by atoms with Crippen molar-refractivity contribution in [2.24, 2.45) is 0 Å². The maximum Gasteiger partial charge on any atom is 0.233 e. The third-order valence-corrected chi connectivity index (χ3v) is 3.68. The van der Waals surface area contributed by atoms with Gasteiger partial charge in [-0.25, -0.2) is 0 Å². The summed E-state index contributed by atoms with van der Waals surface area (Å²) in [4.78, 5) is 23.6. The van der Waals surface area contributed by atoms with Crippen LogP contribution in [0.1, 0.15) is 0 Å². The Morgan fingerprint density at radius 1 is 0.737 bits per heavy atom.